The number of halogens is 1. The standard InChI is InChI=1S/C11H21ClN2/c1-3-14(4-2)9-11(12)10-5-7-13-8-6-10/h13H,3-9H2,1-2H3. The lowest BCUT2D eigenvalue weighted by Gasteiger charge is -2.22. The van der Waals surface area contributed by atoms with Crippen molar-refractivity contribution in [3.05, 3.63) is 10.6 Å². The van der Waals surface area contributed by atoms with Crippen LogP contribution in [0.3, 0.4) is 0 Å². The van der Waals surface area contributed by atoms with Gasteiger partial charge in [0.25, 0.3) is 0 Å². The van der Waals surface area contributed by atoms with Crippen LogP contribution < -0.4 is 5.32 Å². The Kier molecular flexibility index (Phi) is 5.53. The molecule has 0 aromatic rings. The van der Waals surface area contributed by atoms with Gasteiger partial charge in [-0.05, 0) is 39.0 Å². The molecule has 0 amide bonds. The van der Waals surface area contributed by atoms with Crippen molar-refractivity contribution in [2.24, 2.45) is 0 Å². The lowest BCUT2D eigenvalue weighted by Crippen LogP contribution is -2.27. The van der Waals surface area contributed by atoms with Crippen LogP contribution in [-0.2, 0) is 0 Å². The summed E-state index contributed by atoms with van der Waals surface area (Å²) in [6.07, 6.45) is 2.25. The van der Waals surface area contributed by atoms with E-state index in [0.29, 0.717) is 0 Å². The Labute approximate surface area is 92.3 Å². The number of rotatable bonds is 4. The molecule has 1 aliphatic rings. The molecule has 0 radical (unpaired) electrons. The fourth-order valence-corrected chi connectivity index (χ4v) is 2.11. The van der Waals surface area contributed by atoms with Crippen molar-refractivity contribution in [3.63, 3.8) is 0 Å². The first-order valence-corrected chi connectivity index (χ1v) is 5.95. The van der Waals surface area contributed by atoms with E-state index in [4.69, 9.17) is 11.6 Å². The van der Waals surface area contributed by atoms with Crippen LogP contribution in [0.5, 0.6) is 0 Å². The summed E-state index contributed by atoms with van der Waals surface area (Å²) >= 11 is 6.32. The van der Waals surface area contributed by atoms with E-state index < -0.39 is 0 Å². The average Bonchev–Trinajstić information content (AvgIpc) is 2.26. The van der Waals surface area contributed by atoms with Gasteiger partial charge in [-0.3, -0.25) is 4.90 Å². The molecule has 3 heteroatoms. The van der Waals surface area contributed by atoms with Crippen molar-refractivity contribution in [2.75, 3.05) is 32.7 Å². The Bertz CT molecular complexity index is 189. The number of likely N-dealkylation sites (N-methyl/N-ethyl adjacent to an activating group) is 1. The fraction of sp³-hybridized carbons (Fsp3) is 0.818. The van der Waals surface area contributed by atoms with Crippen molar-refractivity contribution in [1.82, 2.24) is 10.2 Å². The molecule has 1 heterocycles. The molecule has 1 aliphatic heterocycles. The zero-order valence-electron chi connectivity index (χ0n) is 9.27. The molecular weight excluding hydrogens is 196 g/mol. The molecule has 1 rings (SSSR count). The molecule has 0 unspecified atom stereocenters. The van der Waals surface area contributed by atoms with Crippen LogP contribution >= 0.6 is 11.6 Å². The summed E-state index contributed by atoms with van der Waals surface area (Å²) in [6, 6.07) is 0. The predicted molar refractivity (Wildman–Crippen MR) is 62.8 cm³/mol. The van der Waals surface area contributed by atoms with Crippen LogP contribution in [0.1, 0.15) is 26.7 Å². The van der Waals surface area contributed by atoms with Gasteiger partial charge in [0.2, 0.25) is 0 Å². The van der Waals surface area contributed by atoms with E-state index in [1.807, 2.05) is 0 Å². The predicted octanol–water partition coefficient (Wildman–Crippen LogP) is 2.20. The van der Waals surface area contributed by atoms with Gasteiger partial charge in [0.1, 0.15) is 0 Å². The van der Waals surface area contributed by atoms with Crippen LogP contribution in [0.2, 0.25) is 0 Å². The normalized spacial score (nSPS) is 17.6. The molecule has 2 nitrogen and oxygen atoms in total. The van der Waals surface area contributed by atoms with Gasteiger partial charge in [0.05, 0.1) is 0 Å². The molecule has 1 saturated heterocycles. The smallest absolute Gasteiger partial charge is 0.0340 e. The minimum atomic E-state index is 0.934. The van der Waals surface area contributed by atoms with Gasteiger partial charge in [-0.2, -0.15) is 0 Å². The van der Waals surface area contributed by atoms with Gasteiger partial charge in [-0.1, -0.05) is 31.0 Å². The lowest BCUT2D eigenvalue weighted by atomic mass is 10.1. The topological polar surface area (TPSA) is 15.3 Å². The molecule has 1 N–H and O–H groups in total. The molecule has 0 atom stereocenters. The van der Waals surface area contributed by atoms with Gasteiger partial charge in [-0.15, -0.1) is 0 Å². The summed E-state index contributed by atoms with van der Waals surface area (Å²) in [5.74, 6) is 0. The van der Waals surface area contributed by atoms with Crippen molar-refractivity contribution in [3.8, 4) is 0 Å². The Morgan fingerprint density at radius 1 is 1.29 bits per heavy atom. The fourth-order valence-electron chi connectivity index (χ4n) is 1.76. The Morgan fingerprint density at radius 2 is 1.86 bits per heavy atom. The van der Waals surface area contributed by atoms with Gasteiger partial charge >= 0.3 is 0 Å². The molecule has 1 fully saturated rings. The zero-order chi connectivity index (χ0) is 10.4. The molecule has 0 aromatic carbocycles. The third kappa shape index (κ3) is 3.60. The summed E-state index contributed by atoms with van der Waals surface area (Å²) in [7, 11) is 0. The first-order chi connectivity index (χ1) is 6.77. The first-order valence-electron chi connectivity index (χ1n) is 5.57. The van der Waals surface area contributed by atoms with E-state index >= 15 is 0 Å². The minimum Gasteiger partial charge on any atom is -0.316 e. The van der Waals surface area contributed by atoms with E-state index in [1.54, 1.807) is 0 Å². The zero-order valence-corrected chi connectivity index (χ0v) is 10.0. The second kappa shape index (κ2) is 6.44. The Morgan fingerprint density at radius 3 is 2.36 bits per heavy atom. The summed E-state index contributed by atoms with van der Waals surface area (Å²) in [5, 5.41) is 4.42. The van der Waals surface area contributed by atoms with Gasteiger partial charge in [0.15, 0.2) is 0 Å². The Balaban J connectivity index is 2.48. The molecule has 14 heavy (non-hydrogen) atoms. The largest absolute Gasteiger partial charge is 0.316 e. The van der Waals surface area contributed by atoms with Gasteiger partial charge in [0, 0.05) is 11.6 Å². The van der Waals surface area contributed by atoms with E-state index in [1.165, 1.54) is 5.57 Å². The van der Waals surface area contributed by atoms with E-state index in [0.717, 1.165) is 50.6 Å². The molecular formula is C11H21ClN2. The molecule has 0 spiro atoms. The third-order valence-electron chi connectivity index (χ3n) is 2.85. The number of hydrogen-bond donors (Lipinski definition) is 1. The first kappa shape index (κ1) is 12.0. The van der Waals surface area contributed by atoms with Gasteiger partial charge < -0.3 is 5.32 Å². The maximum Gasteiger partial charge on any atom is 0.0340 e. The molecule has 0 aliphatic carbocycles. The highest BCUT2D eigenvalue weighted by molar-refractivity contribution is 6.30. The molecule has 0 bridgehead atoms. The highest BCUT2D eigenvalue weighted by Gasteiger charge is 2.11. The summed E-state index contributed by atoms with van der Waals surface area (Å²) in [6.45, 7) is 9.63. The van der Waals surface area contributed by atoms with Crippen LogP contribution in [0.15, 0.2) is 10.6 Å². The second-order valence-corrected chi connectivity index (χ2v) is 4.18. The number of nitrogens with zero attached hydrogens (tertiary/aromatic N) is 1. The van der Waals surface area contributed by atoms with Crippen molar-refractivity contribution in [2.45, 2.75) is 26.7 Å². The summed E-state index contributed by atoms with van der Waals surface area (Å²) < 4.78 is 0. The van der Waals surface area contributed by atoms with Crippen LogP contribution in [-0.4, -0.2) is 37.6 Å². The third-order valence-corrected chi connectivity index (χ3v) is 3.23. The van der Waals surface area contributed by atoms with E-state index in [2.05, 4.69) is 24.1 Å². The van der Waals surface area contributed by atoms with E-state index in [-0.39, 0.29) is 0 Å². The number of hydrogen-bond acceptors (Lipinski definition) is 2. The van der Waals surface area contributed by atoms with E-state index in [9.17, 15) is 0 Å². The van der Waals surface area contributed by atoms with Gasteiger partial charge in [-0.25, -0.2) is 0 Å². The maximum absolute atomic E-state index is 6.32. The van der Waals surface area contributed by atoms with Crippen molar-refractivity contribution < 1.29 is 0 Å². The van der Waals surface area contributed by atoms with Crippen LogP contribution in [0.25, 0.3) is 0 Å². The molecule has 0 aromatic heterocycles. The monoisotopic (exact) mass is 216 g/mol. The second-order valence-electron chi connectivity index (χ2n) is 3.72. The highest BCUT2D eigenvalue weighted by atomic mass is 35.5. The molecule has 0 saturated carbocycles. The Hall–Kier alpha value is -0.0500. The number of piperidine rings is 1. The summed E-state index contributed by atoms with van der Waals surface area (Å²) in [4.78, 5) is 2.36. The van der Waals surface area contributed by atoms with Crippen LogP contribution in [0.4, 0.5) is 0 Å². The van der Waals surface area contributed by atoms with Crippen molar-refractivity contribution in [1.29, 1.82) is 0 Å². The average molecular weight is 217 g/mol. The maximum atomic E-state index is 6.32. The summed E-state index contributed by atoms with van der Waals surface area (Å²) in [5.41, 5.74) is 1.46. The quantitative estimate of drug-likeness (QED) is 0.775. The lowest BCUT2D eigenvalue weighted by molar-refractivity contribution is 0.333. The molecule has 82 valence electrons. The SMILES string of the molecule is CCN(CC)CC(Cl)=C1CCNCC1. The minimum absolute atomic E-state index is 0.934. The van der Waals surface area contributed by atoms with Crippen LogP contribution in [0, 0.1) is 0 Å². The van der Waals surface area contributed by atoms with Crippen molar-refractivity contribution >= 4 is 11.6 Å². The number of nitrogens with one attached hydrogen (secondary N) is 1. The highest BCUT2D eigenvalue weighted by Crippen LogP contribution is 2.19.